The number of nitrogens with one attached hydrogen (secondary N) is 2. The van der Waals surface area contributed by atoms with E-state index in [-0.39, 0.29) is 10.5 Å². The van der Waals surface area contributed by atoms with Crippen LogP contribution in [-0.4, -0.2) is 21.5 Å². The van der Waals surface area contributed by atoms with Crippen LogP contribution in [0.15, 0.2) is 59.1 Å². The van der Waals surface area contributed by atoms with Gasteiger partial charge in [-0.15, -0.1) is 0 Å². The Hall–Kier alpha value is -3.31. The molecule has 2 aromatic rings. The lowest BCUT2D eigenvalue weighted by atomic mass is 10.1. The van der Waals surface area contributed by atoms with E-state index < -0.39 is 16.0 Å². The molecule has 0 saturated carbocycles. The SMILES string of the molecule is COC(=O)/C(C#N)=C\Nc1ccc(S(=O)(=O)Nc2c(C)cccc2C)cc1. The zero-order chi connectivity index (χ0) is 20.0. The van der Waals surface area contributed by atoms with Crippen molar-refractivity contribution in [3.8, 4) is 6.07 Å². The second-order valence-corrected chi connectivity index (χ2v) is 7.38. The predicted molar refractivity (Wildman–Crippen MR) is 103 cm³/mol. The molecular formula is C19H19N3O4S. The Kier molecular flexibility index (Phi) is 6.21. The van der Waals surface area contributed by atoms with Crippen LogP contribution in [0.2, 0.25) is 0 Å². The van der Waals surface area contributed by atoms with Gasteiger partial charge in [0.05, 0.1) is 17.7 Å². The third-order valence-electron chi connectivity index (χ3n) is 3.79. The van der Waals surface area contributed by atoms with Crippen LogP contribution >= 0.6 is 0 Å². The van der Waals surface area contributed by atoms with Crippen LogP contribution in [-0.2, 0) is 19.6 Å². The Labute approximate surface area is 158 Å². The summed E-state index contributed by atoms with van der Waals surface area (Å²) < 4.78 is 32.3. The fourth-order valence-electron chi connectivity index (χ4n) is 2.30. The van der Waals surface area contributed by atoms with E-state index in [9.17, 15) is 13.2 Å². The van der Waals surface area contributed by atoms with Gasteiger partial charge < -0.3 is 10.1 Å². The van der Waals surface area contributed by atoms with Gasteiger partial charge in [0, 0.05) is 11.9 Å². The Morgan fingerprint density at radius 1 is 1.11 bits per heavy atom. The van der Waals surface area contributed by atoms with Crippen LogP contribution < -0.4 is 10.0 Å². The van der Waals surface area contributed by atoms with E-state index in [4.69, 9.17) is 5.26 Å². The minimum absolute atomic E-state index is 0.0909. The molecule has 0 radical (unpaired) electrons. The third-order valence-corrected chi connectivity index (χ3v) is 5.16. The van der Waals surface area contributed by atoms with E-state index in [0.717, 1.165) is 11.1 Å². The number of benzene rings is 2. The average Bonchev–Trinajstić information content (AvgIpc) is 2.65. The summed E-state index contributed by atoms with van der Waals surface area (Å²) in [6.07, 6.45) is 1.20. The van der Waals surface area contributed by atoms with E-state index in [1.165, 1.54) is 37.6 Å². The molecule has 0 bridgehead atoms. The fourth-order valence-corrected chi connectivity index (χ4v) is 3.50. The van der Waals surface area contributed by atoms with Gasteiger partial charge in [0.1, 0.15) is 6.07 Å². The highest BCUT2D eigenvalue weighted by atomic mass is 32.2. The summed E-state index contributed by atoms with van der Waals surface area (Å²) in [5.74, 6) is -0.762. The number of methoxy groups -OCH3 is 1. The second-order valence-electron chi connectivity index (χ2n) is 5.70. The van der Waals surface area contributed by atoms with Gasteiger partial charge in [-0.1, -0.05) is 18.2 Å². The summed E-state index contributed by atoms with van der Waals surface area (Å²) in [5, 5.41) is 11.7. The largest absolute Gasteiger partial charge is 0.465 e. The first-order valence-corrected chi connectivity index (χ1v) is 9.41. The number of nitriles is 1. The molecule has 8 heteroatoms. The highest BCUT2D eigenvalue weighted by Crippen LogP contribution is 2.24. The molecule has 140 valence electrons. The first-order chi connectivity index (χ1) is 12.8. The lowest BCUT2D eigenvalue weighted by Crippen LogP contribution is -2.14. The fraction of sp³-hybridized carbons (Fsp3) is 0.158. The maximum atomic E-state index is 12.6. The highest BCUT2D eigenvalue weighted by Gasteiger charge is 2.16. The summed E-state index contributed by atoms with van der Waals surface area (Å²) in [5.41, 5.74) is 2.52. The van der Waals surface area contributed by atoms with Gasteiger partial charge in [-0.3, -0.25) is 4.72 Å². The number of carbonyl (C=O) groups excluding carboxylic acids is 1. The van der Waals surface area contributed by atoms with E-state index in [1.807, 2.05) is 32.0 Å². The molecule has 0 atom stereocenters. The molecule has 0 unspecified atom stereocenters. The minimum atomic E-state index is -3.75. The Balaban J connectivity index is 2.20. The summed E-state index contributed by atoms with van der Waals surface area (Å²) in [6.45, 7) is 3.66. The van der Waals surface area contributed by atoms with Crippen LogP contribution in [0.5, 0.6) is 0 Å². The van der Waals surface area contributed by atoms with Crippen molar-refractivity contribution in [1.29, 1.82) is 5.26 Å². The van der Waals surface area contributed by atoms with Gasteiger partial charge in [0.25, 0.3) is 10.0 Å². The van der Waals surface area contributed by atoms with Crippen molar-refractivity contribution in [3.63, 3.8) is 0 Å². The van der Waals surface area contributed by atoms with E-state index >= 15 is 0 Å². The molecule has 2 aromatic carbocycles. The molecule has 2 N–H and O–H groups in total. The summed E-state index contributed by atoms with van der Waals surface area (Å²) >= 11 is 0. The third kappa shape index (κ3) is 4.86. The number of sulfonamides is 1. The molecule has 0 aromatic heterocycles. The Morgan fingerprint density at radius 2 is 1.70 bits per heavy atom. The van der Waals surface area contributed by atoms with Gasteiger partial charge in [-0.2, -0.15) is 5.26 Å². The number of anilines is 2. The van der Waals surface area contributed by atoms with Gasteiger partial charge in [0.2, 0.25) is 0 Å². The van der Waals surface area contributed by atoms with Crippen molar-refractivity contribution in [2.24, 2.45) is 0 Å². The maximum absolute atomic E-state index is 12.6. The van der Waals surface area contributed by atoms with Gasteiger partial charge in [-0.05, 0) is 49.2 Å². The van der Waals surface area contributed by atoms with Crippen LogP contribution in [0.25, 0.3) is 0 Å². The number of ether oxygens (including phenoxy) is 1. The monoisotopic (exact) mass is 385 g/mol. The quantitative estimate of drug-likeness (QED) is 0.449. The van der Waals surface area contributed by atoms with Crippen molar-refractivity contribution in [1.82, 2.24) is 0 Å². The van der Waals surface area contributed by atoms with Crippen LogP contribution in [0.1, 0.15) is 11.1 Å². The van der Waals surface area contributed by atoms with Crippen molar-refractivity contribution in [2.75, 3.05) is 17.1 Å². The molecule has 0 fully saturated rings. The van der Waals surface area contributed by atoms with Gasteiger partial charge in [-0.25, -0.2) is 13.2 Å². The second kappa shape index (κ2) is 8.38. The van der Waals surface area contributed by atoms with Crippen LogP contribution in [0, 0.1) is 25.2 Å². The standard InChI is InChI=1S/C19H19N3O4S/c1-13-5-4-6-14(2)18(13)22-27(24,25)17-9-7-16(8-10-17)21-12-15(11-20)19(23)26-3/h4-10,12,21-22H,1-3H3/b15-12-. The normalized spacial score (nSPS) is 11.4. The van der Waals surface area contributed by atoms with Gasteiger partial charge in [0.15, 0.2) is 5.57 Å². The molecule has 0 amide bonds. The van der Waals surface area contributed by atoms with E-state index in [2.05, 4.69) is 14.8 Å². The Bertz CT molecular complexity index is 1000. The zero-order valence-corrected chi connectivity index (χ0v) is 15.9. The van der Waals surface area contributed by atoms with Crippen molar-refractivity contribution in [3.05, 3.63) is 65.4 Å². The van der Waals surface area contributed by atoms with Crippen LogP contribution in [0.4, 0.5) is 11.4 Å². The molecule has 0 heterocycles. The van der Waals surface area contributed by atoms with Crippen molar-refractivity contribution in [2.45, 2.75) is 18.7 Å². The topological polar surface area (TPSA) is 108 Å². The van der Waals surface area contributed by atoms with E-state index in [1.54, 1.807) is 6.07 Å². The average molecular weight is 385 g/mol. The Morgan fingerprint density at radius 3 is 2.22 bits per heavy atom. The van der Waals surface area contributed by atoms with Gasteiger partial charge >= 0.3 is 5.97 Å². The molecule has 0 aliphatic rings. The molecule has 0 aliphatic carbocycles. The molecule has 27 heavy (non-hydrogen) atoms. The summed E-state index contributed by atoms with van der Waals surface area (Å²) in [7, 11) is -2.57. The van der Waals surface area contributed by atoms with Crippen molar-refractivity contribution >= 4 is 27.4 Å². The number of hydrogen-bond donors (Lipinski definition) is 2. The number of aryl methyl sites for hydroxylation is 2. The zero-order valence-electron chi connectivity index (χ0n) is 15.1. The maximum Gasteiger partial charge on any atom is 0.350 e. The first-order valence-electron chi connectivity index (χ1n) is 7.92. The lowest BCUT2D eigenvalue weighted by molar-refractivity contribution is -0.135. The number of nitrogens with zero attached hydrogens (tertiary/aromatic N) is 1. The highest BCUT2D eigenvalue weighted by molar-refractivity contribution is 7.92. The lowest BCUT2D eigenvalue weighted by Gasteiger charge is -2.13. The molecule has 2 rings (SSSR count). The van der Waals surface area contributed by atoms with Crippen LogP contribution in [0.3, 0.4) is 0 Å². The number of esters is 1. The number of para-hydroxylation sites is 1. The molecule has 0 aliphatic heterocycles. The number of rotatable bonds is 6. The predicted octanol–water partition coefficient (Wildman–Crippen LogP) is 3.10. The first kappa shape index (κ1) is 20.0. The molecule has 0 saturated heterocycles. The minimum Gasteiger partial charge on any atom is -0.465 e. The molecular weight excluding hydrogens is 366 g/mol. The molecule has 7 nitrogen and oxygen atoms in total. The molecule has 0 spiro atoms. The number of carbonyl (C=O) groups is 1. The summed E-state index contributed by atoms with van der Waals surface area (Å²) in [6, 6.07) is 13.2. The van der Waals surface area contributed by atoms with E-state index in [0.29, 0.717) is 11.4 Å². The van der Waals surface area contributed by atoms with Crippen molar-refractivity contribution < 1.29 is 17.9 Å². The number of hydrogen-bond acceptors (Lipinski definition) is 6. The summed E-state index contributed by atoms with van der Waals surface area (Å²) in [4.78, 5) is 11.4. The smallest absolute Gasteiger partial charge is 0.350 e.